The average Bonchev–Trinajstić information content (AvgIpc) is 2.41. The van der Waals surface area contributed by atoms with E-state index in [1.807, 2.05) is 0 Å². The maximum atomic E-state index is 6.05. The second-order valence-electron chi connectivity index (χ2n) is 2.90. The van der Waals surface area contributed by atoms with Crippen LogP contribution in [0.25, 0.3) is 0 Å². The minimum atomic E-state index is 0.226. The fourth-order valence-electron chi connectivity index (χ4n) is 1.35. The highest BCUT2D eigenvalue weighted by molar-refractivity contribution is 14.2. The van der Waals surface area contributed by atoms with E-state index in [9.17, 15) is 0 Å². The predicted molar refractivity (Wildman–Crippen MR) is 72.2 cm³/mol. The Morgan fingerprint density at radius 3 is 3.00 bits per heavy atom. The number of hydrogen-bond acceptors (Lipinski definition) is 3. The number of rotatable bonds is 1. The lowest BCUT2D eigenvalue weighted by Gasteiger charge is -2.18. The van der Waals surface area contributed by atoms with Crippen molar-refractivity contribution in [3.05, 3.63) is 16.2 Å². The van der Waals surface area contributed by atoms with E-state index in [1.54, 1.807) is 6.07 Å². The predicted octanol–water partition coefficient (Wildman–Crippen LogP) is 3.91. The van der Waals surface area contributed by atoms with E-state index in [2.05, 4.69) is 43.9 Å². The second-order valence-corrected chi connectivity index (χ2v) is 5.79. The van der Waals surface area contributed by atoms with E-state index in [0.717, 1.165) is 11.5 Å². The fourth-order valence-corrected chi connectivity index (χ4v) is 4.23. The van der Waals surface area contributed by atoms with Crippen LogP contribution in [0, 0.1) is 0 Å². The molecule has 0 fully saturated rings. The third-order valence-corrected chi connectivity index (χ3v) is 4.81. The molecule has 0 bridgehead atoms. The largest absolute Gasteiger partial charge is 0.361 e. The molecule has 2 heterocycles. The van der Waals surface area contributed by atoms with Crippen LogP contribution in [0.15, 0.2) is 6.07 Å². The molecule has 0 aromatic carbocycles. The van der Waals surface area contributed by atoms with Crippen LogP contribution in [-0.2, 0) is 0 Å². The third kappa shape index (κ3) is 1.77. The van der Waals surface area contributed by atoms with Gasteiger partial charge in [0.05, 0.1) is 10.7 Å². The molecule has 0 spiro atoms. The van der Waals surface area contributed by atoms with Crippen molar-refractivity contribution in [1.29, 1.82) is 0 Å². The minimum absolute atomic E-state index is 0.226. The molecule has 3 nitrogen and oxygen atoms in total. The molecule has 1 N–H and O–H groups in total. The van der Waals surface area contributed by atoms with Gasteiger partial charge < -0.3 is 9.99 Å². The van der Waals surface area contributed by atoms with Crippen molar-refractivity contribution < 1.29 is 0 Å². The highest BCUT2D eigenvalue weighted by Gasteiger charge is 2.28. The van der Waals surface area contributed by atoms with Gasteiger partial charge >= 0.3 is 0 Å². The molecule has 1 aromatic rings. The lowest BCUT2D eigenvalue weighted by molar-refractivity contribution is 0.886. The van der Waals surface area contributed by atoms with E-state index in [4.69, 9.17) is 23.2 Å². The number of anilines is 2. The molecule has 14 heavy (non-hydrogen) atoms. The van der Waals surface area contributed by atoms with Crippen LogP contribution >= 0.6 is 51.6 Å². The number of nitrogens with zero attached hydrogens (tertiary/aromatic N) is 2. The lowest BCUT2D eigenvalue weighted by atomic mass is 10.4. The average molecular weight is 362 g/mol. The Morgan fingerprint density at radius 2 is 2.36 bits per heavy atom. The summed E-state index contributed by atoms with van der Waals surface area (Å²) in [7, 11) is 0. The van der Waals surface area contributed by atoms with Crippen LogP contribution < -0.4 is 9.99 Å². The molecule has 0 saturated carbocycles. The van der Waals surface area contributed by atoms with Crippen LogP contribution in [0.4, 0.5) is 11.5 Å². The second kappa shape index (κ2) is 4.16. The maximum Gasteiger partial charge on any atom is 0.160 e. The van der Waals surface area contributed by atoms with Crippen molar-refractivity contribution in [2.45, 2.75) is 13.1 Å². The van der Waals surface area contributed by atoms with Gasteiger partial charge in [0.1, 0.15) is 11.3 Å². The van der Waals surface area contributed by atoms with Crippen molar-refractivity contribution in [2.24, 2.45) is 0 Å². The molecule has 1 aromatic heterocycles. The summed E-state index contributed by atoms with van der Waals surface area (Å²) in [5, 5.41) is 4.33. The van der Waals surface area contributed by atoms with Crippen molar-refractivity contribution in [3.8, 4) is 0 Å². The van der Waals surface area contributed by atoms with Crippen molar-refractivity contribution in [3.63, 3.8) is 0 Å². The van der Waals surface area contributed by atoms with Crippen LogP contribution in [0.2, 0.25) is 10.2 Å². The summed E-state index contributed by atoms with van der Waals surface area (Å²) in [6, 6.07) is 1.65. The first-order chi connectivity index (χ1) is 6.63. The zero-order chi connectivity index (χ0) is 10.3. The van der Waals surface area contributed by atoms with Crippen LogP contribution in [0.5, 0.6) is 0 Å². The minimum Gasteiger partial charge on any atom is -0.361 e. The summed E-state index contributed by atoms with van der Waals surface area (Å²) in [6.45, 7) is 2.07. The summed E-state index contributed by atoms with van der Waals surface area (Å²) in [5.74, 6) is 0.850. The number of nitrogens with one attached hydrogen (secondary N) is 1. The Balaban J connectivity index is 2.53. The van der Waals surface area contributed by atoms with Gasteiger partial charge in [-0.15, -0.1) is 0 Å². The van der Waals surface area contributed by atoms with Gasteiger partial charge in [0, 0.05) is 6.37 Å². The number of aromatic nitrogens is 1. The first kappa shape index (κ1) is 11.0. The van der Waals surface area contributed by atoms with E-state index < -0.39 is 0 Å². The lowest BCUT2D eigenvalue weighted by Crippen LogP contribution is -2.24. The summed E-state index contributed by atoms with van der Waals surface area (Å²) in [5.41, 5.74) is 0.882. The van der Waals surface area contributed by atoms with Crippen molar-refractivity contribution in [2.75, 3.05) is 9.99 Å². The molecule has 2 rings (SSSR count). The van der Waals surface area contributed by atoms with E-state index in [0.29, 0.717) is 16.5 Å². The molecular formula is C7H7Cl2IN3P. The maximum absolute atomic E-state index is 6.05. The third-order valence-electron chi connectivity index (χ3n) is 1.98. The fraction of sp³-hybridized carbons (Fsp3) is 0.286. The molecule has 2 unspecified atom stereocenters. The molecule has 7 heteroatoms. The van der Waals surface area contributed by atoms with Gasteiger partial charge in [-0.1, -0.05) is 23.2 Å². The zero-order valence-electron chi connectivity index (χ0n) is 7.18. The first-order valence-corrected chi connectivity index (χ1v) is 8.73. The monoisotopic (exact) mass is 361 g/mol. The smallest absolute Gasteiger partial charge is 0.160 e. The van der Waals surface area contributed by atoms with Gasteiger partial charge in [0.25, 0.3) is 0 Å². The topological polar surface area (TPSA) is 28.2 Å². The Bertz CT molecular complexity index is 376. The highest BCUT2D eigenvalue weighted by Crippen LogP contribution is 2.46. The van der Waals surface area contributed by atoms with Crippen molar-refractivity contribution in [1.82, 2.24) is 4.98 Å². The number of pyridine rings is 1. The Labute approximate surface area is 107 Å². The van der Waals surface area contributed by atoms with Crippen LogP contribution in [0.1, 0.15) is 6.92 Å². The van der Waals surface area contributed by atoms with Gasteiger partial charge in [-0.3, -0.25) is 0 Å². The Hall–Kier alpha value is 0.490. The quantitative estimate of drug-likeness (QED) is 0.467. The molecule has 0 radical (unpaired) electrons. The molecule has 0 aliphatic carbocycles. The molecule has 1 aliphatic rings. The zero-order valence-corrected chi connectivity index (χ0v) is 11.9. The molecule has 0 amide bonds. The molecular weight excluding hydrogens is 355 g/mol. The SMILES string of the molecule is CC1Nc2c(Cl)cc(Cl)nc2N1PI. The Morgan fingerprint density at radius 1 is 1.64 bits per heavy atom. The van der Waals surface area contributed by atoms with E-state index in [1.165, 1.54) is 0 Å². The molecule has 76 valence electrons. The molecule has 0 saturated heterocycles. The number of halogens is 3. The van der Waals surface area contributed by atoms with Gasteiger partial charge in [-0.05, 0) is 35.0 Å². The summed E-state index contributed by atoms with van der Waals surface area (Å²) in [6.07, 6.45) is 0.838. The van der Waals surface area contributed by atoms with Gasteiger partial charge in [0.2, 0.25) is 0 Å². The van der Waals surface area contributed by atoms with Gasteiger partial charge in [-0.25, -0.2) is 4.98 Å². The van der Waals surface area contributed by atoms with Gasteiger partial charge in [0.15, 0.2) is 5.82 Å². The van der Waals surface area contributed by atoms with E-state index >= 15 is 0 Å². The standard InChI is InChI=1S/C7H7Cl2IN3P/c1-3-11-6-4(8)2-5(9)12-7(6)13(3)14-10/h2-3,11,14H,1H3. The summed E-state index contributed by atoms with van der Waals surface area (Å²) >= 11 is 14.2. The number of fused-ring (bicyclic) bond motifs is 1. The Kier molecular flexibility index (Phi) is 3.27. The first-order valence-electron chi connectivity index (χ1n) is 3.91. The summed E-state index contributed by atoms with van der Waals surface area (Å²) in [4.78, 5) is 4.26. The molecule has 1 aliphatic heterocycles. The van der Waals surface area contributed by atoms with Crippen LogP contribution in [-0.4, -0.2) is 11.1 Å². The van der Waals surface area contributed by atoms with Gasteiger partial charge in [-0.2, -0.15) is 0 Å². The summed E-state index contributed by atoms with van der Waals surface area (Å²) < 4.78 is 2.13. The van der Waals surface area contributed by atoms with E-state index in [-0.39, 0.29) is 6.17 Å². The normalized spacial score (nSPS) is 20.3. The molecule has 2 atom stereocenters. The highest BCUT2D eigenvalue weighted by atomic mass is 127. The van der Waals surface area contributed by atoms with Crippen molar-refractivity contribution >= 4 is 63.1 Å². The number of hydrogen-bond donors (Lipinski definition) is 1. The van der Waals surface area contributed by atoms with Crippen LogP contribution in [0.3, 0.4) is 0 Å².